The minimum absolute atomic E-state index is 0.112. The van der Waals surface area contributed by atoms with Gasteiger partial charge in [-0.05, 0) is 30.5 Å². The third kappa shape index (κ3) is 4.95. The van der Waals surface area contributed by atoms with Crippen LogP contribution in [-0.2, 0) is 19.4 Å². The fraction of sp³-hybridized carbons (Fsp3) is 0.227. The molecule has 0 atom stereocenters. The van der Waals surface area contributed by atoms with Gasteiger partial charge in [-0.1, -0.05) is 41.6 Å². The Morgan fingerprint density at radius 1 is 1.10 bits per heavy atom. The first-order valence-electron chi connectivity index (χ1n) is 9.71. The summed E-state index contributed by atoms with van der Waals surface area (Å²) in [5, 5.41) is 13.5. The van der Waals surface area contributed by atoms with E-state index in [0.717, 1.165) is 11.1 Å². The lowest BCUT2D eigenvalue weighted by Crippen LogP contribution is -1.99. The Morgan fingerprint density at radius 2 is 1.94 bits per heavy atom. The van der Waals surface area contributed by atoms with E-state index in [0.29, 0.717) is 42.5 Å². The molecule has 0 fully saturated rings. The number of aromatic hydroxyl groups is 1. The molecule has 0 saturated carbocycles. The summed E-state index contributed by atoms with van der Waals surface area (Å²) in [7, 11) is 1.57. The molecule has 4 rings (SSSR count). The zero-order valence-corrected chi connectivity index (χ0v) is 16.8. The summed E-state index contributed by atoms with van der Waals surface area (Å²) in [6.07, 6.45) is 1.82. The average Bonchev–Trinajstić information content (AvgIpc) is 3.39. The molecular formula is C22H21N3O6. The molecule has 2 aromatic heterocycles. The standard InChI is InChI=1S/C22H21N3O6/c1-28-18-12-14(6-5-9-17-21(26)24-22(27)30-17)10-11-16(18)29-13-19-23-20(25-31-19)15-7-3-2-4-8-15/h2-4,7-8,10-12,26H,5-6,9,13H2,1H3,(H,24,27). The maximum Gasteiger partial charge on any atom is 0.419 e. The van der Waals surface area contributed by atoms with Gasteiger partial charge in [-0.25, -0.2) is 4.79 Å². The number of nitrogens with zero attached hydrogens (tertiary/aromatic N) is 2. The summed E-state index contributed by atoms with van der Waals surface area (Å²) < 4.78 is 21.4. The molecule has 0 bridgehead atoms. The summed E-state index contributed by atoms with van der Waals surface area (Å²) in [4.78, 5) is 17.6. The topological polar surface area (TPSA) is 124 Å². The second kappa shape index (κ2) is 9.21. The van der Waals surface area contributed by atoms with E-state index in [4.69, 9.17) is 18.4 Å². The van der Waals surface area contributed by atoms with Gasteiger partial charge in [0.2, 0.25) is 11.7 Å². The van der Waals surface area contributed by atoms with E-state index in [1.165, 1.54) is 0 Å². The van der Waals surface area contributed by atoms with E-state index >= 15 is 0 Å². The van der Waals surface area contributed by atoms with Crippen molar-refractivity contribution in [2.75, 3.05) is 7.11 Å². The number of hydrogen-bond acceptors (Lipinski definition) is 8. The van der Waals surface area contributed by atoms with E-state index < -0.39 is 5.76 Å². The van der Waals surface area contributed by atoms with Gasteiger partial charge in [0.25, 0.3) is 5.89 Å². The molecule has 31 heavy (non-hydrogen) atoms. The highest BCUT2D eigenvalue weighted by Gasteiger charge is 2.12. The lowest BCUT2D eigenvalue weighted by molar-refractivity contribution is 0.233. The van der Waals surface area contributed by atoms with Gasteiger partial charge in [-0.15, -0.1) is 0 Å². The first-order valence-corrected chi connectivity index (χ1v) is 9.71. The number of benzene rings is 2. The summed E-state index contributed by atoms with van der Waals surface area (Å²) >= 11 is 0. The molecule has 2 heterocycles. The molecule has 0 aliphatic heterocycles. The van der Waals surface area contributed by atoms with Gasteiger partial charge in [0.15, 0.2) is 23.9 Å². The summed E-state index contributed by atoms with van der Waals surface area (Å²) in [6, 6.07) is 15.2. The van der Waals surface area contributed by atoms with Crippen LogP contribution in [0.5, 0.6) is 17.4 Å². The highest BCUT2D eigenvalue weighted by atomic mass is 16.5. The van der Waals surface area contributed by atoms with Gasteiger partial charge in [0, 0.05) is 12.0 Å². The highest BCUT2D eigenvalue weighted by molar-refractivity contribution is 5.53. The van der Waals surface area contributed by atoms with Crippen LogP contribution in [0, 0.1) is 0 Å². The molecule has 0 spiro atoms. The molecule has 2 aromatic carbocycles. The lowest BCUT2D eigenvalue weighted by atomic mass is 10.1. The van der Waals surface area contributed by atoms with Crippen molar-refractivity contribution in [2.45, 2.75) is 25.9 Å². The Bertz CT molecular complexity index is 1200. The highest BCUT2D eigenvalue weighted by Crippen LogP contribution is 2.29. The number of hydrogen-bond donors (Lipinski definition) is 2. The number of rotatable bonds is 9. The molecule has 2 N–H and O–H groups in total. The number of nitrogens with one attached hydrogen (secondary N) is 1. The predicted molar refractivity (Wildman–Crippen MR) is 110 cm³/mol. The van der Waals surface area contributed by atoms with Crippen LogP contribution in [0.15, 0.2) is 62.3 Å². The molecule has 9 nitrogen and oxygen atoms in total. The van der Waals surface area contributed by atoms with Crippen molar-refractivity contribution >= 4 is 0 Å². The number of H-pyrrole nitrogens is 1. The number of aromatic nitrogens is 3. The fourth-order valence-electron chi connectivity index (χ4n) is 3.12. The van der Waals surface area contributed by atoms with E-state index in [2.05, 4.69) is 15.1 Å². The number of ether oxygens (including phenoxy) is 2. The average molecular weight is 423 g/mol. The van der Waals surface area contributed by atoms with Crippen LogP contribution >= 0.6 is 0 Å². The van der Waals surface area contributed by atoms with E-state index in [1.54, 1.807) is 7.11 Å². The summed E-state index contributed by atoms with van der Waals surface area (Å²) in [6.45, 7) is 0.112. The predicted octanol–water partition coefficient (Wildman–Crippen LogP) is 3.49. The minimum Gasteiger partial charge on any atom is -0.493 e. The SMILES string of the molecule is COc1cc(CCCc2oc(=O)[nH]c2O)ccc1OCc1nc(-c2ccccc2)no1. The van der Waals surface area contributed by atoms with Crippen LogP contribution in [-0.4, -0.2) is 27.3 Å². The number of aryl methyl sites for hydroxylation is 2. The van der Waals surface area contributed by atoms with Gasteiger partial charge in [-0.3, -0.25) is 4.98 Å². The molecule has 0 saturated heterocycles. The second-order valence-corrected chi connectivity index (χ2v) is 6.79. The number of aromatic amines is 1. The fourth-order valence-corrected chi connectivity index (χ4v) is 3.12. The Hall–Kier alpha value is -4.01. The van der Waals surface area contributed by atoms with Gasteiger partial charge < -0.3 is 23.5 Å². The number of methoxy groups -OCH3 is 1. The Balaban J connectivity index is 1.35. The Labute approximate surface area is 177 Å². The Morgan fingerprint density at radius 3 is 2.68 bits per heavy atom. The molecule has 0 unspecified atom stereocenters. The second-order valence-electron chi connectivity index (χ2n) is 6.79. The maximum atomic E-state index is 11.1. The van der Waals surface area contributed by atoms with E-state index in [9.17, 15) is 9.90 Å². The van der Waals surface area contributed by atoms with Gasteiger partial charge in [0.1, 0.15) is 0 Å². The monoisotopic (exact) mass is 423 g/mol. The van der Waals surface area contributed by atoms with Gasteiger partial charge in [0.05, 0.1) is 7.11 Å². The normalized spacial score (nSPS) is 10.9. The smallest absolute Gasteiger partial charge is 0.419 e. The molecule has 0 aliphatic rings. The van der Waals surface area contributed by atoms with Crippen molar-refractivity contribution in [1.82, 2.24) is 15.1 Å². The van der Waals surface area contributed by atoms with Crippen LogP contribution in [0.2, 0.25) is 0 Å². The first-order chi connectivity index (χ1) is 15.1. The third-order valence-electron chi connectivity index (χ3n) is 4.65. The zero-order valence-electron chi connectivity index (χ0n) is 16.8. The van der Waals surface area contributed by atoms with Crippen molar-refractivity contribution < 1.29 is 23.5 Å². The number of oxazole rings is 1. The van der Waals surface area contributed by atoms with Crippen LogP contribution in [0.4, 0.5) is 0 Å². The van der Waals surface area contributed by atoms with Gasteiger partial charge >= 0.3 is 5.76 Å². The van der Waals surface area contributed by atoms with Gasteiger partial charge in [-0.2, -0.15) is 4.98 Å². The van der Waals surface area contributed by atoms with Crippen molar-refractivity contribution in [3.8, 4) is 28.8 Å². The van der Waals surface area contributed by atoms with Crippen LogP contribution in [0.1, 0.15) is 23.6 Å². The molecule has 0 amide bonds. The Kier molecular flexibility index (Phi) is 6.02. The molecule has 160 valence electrons. The summed E-state index contributed by atoms with van der Waals surface area (Å²) in [5.74, 6) is 1.38. The molecule has 9 heteroatoms. The van der Waals surface area contributed by atoms with Crippen LogP contribution in [0.25, 0.3) is 11.4 Å². The largest absolute Gasteiger partial charge is 0.493 e. The molecule has 0 aliphatic carbocycles. The van der Waals surface area contributed by atoms with Crippen molar-refractivity contribution in [2.24, 2.45) is 0 Å². The van der Waals surface area contributed by atoms with Crippen LogP contribution < -0.4 is 15.2 Å². The lowest BCUT2D eigenvalue weighted by Gasteiger charge is -2.11. The molecular weight excluding hydrogens is 402 g/mol. The van der Waals surface area contributed by atoms with Crippen molar-refractivity contribution in [3.05, 3.63) is 76.3 Å². The minimum atomic E-state index is -0.659. The zero-order chi connectivity index (χ0) is 21.6. The van der Waals surface area contributed by atoms with E-state index in [-0.39, 0.29) is 18.2 Å². The first kappa shape index (κ1) is 20.3. The molecule has 0 radical (unpaired) electrons. The maximum absolute atomic E-state index is 11.1. The van der Waals surface area contributed by atoms with Crippen LogP contribution in [0.3, 0.4) is 0 Å². The quantitative estimate of drug-likeness (QED) is 0.419. The van der Waals surface area contributed by atoms with E-state index in [1.807, 2.05) is 48.5 Å². The summed E-state index contributed by atoms with van der Waals surface area (Å²) in [5.41, 5.74) is 1.89. The van der Waals surface area contributed by atoms with Crippen molar-refractivity contribution in [1.29, 1.82) is 0 Å². The van der Waals surface area contributed by atoms with Crippen molar-refractivity contribution in [3.63, 3.8) is 0 Å². The molecule has 4 aromatic rings. The third-order valence-corrected chi connectivity index (χ3v) is 4.65.